The van der Waals surface area contributed by atoms with E-state index in [4.69, 9.17) is 8.85 Å². The number of rotatable bonds is 4. The van der Waals surface area contributed by atoms with Crippen LogP contribution in [-0.2, 0) is 13.6 Å². The highest BCUT2D eigenvalue weighted by molar-refractivity contribution is 6.86. The summed E-state index contributed by atoms with van der Waals surface area (Å²) in [4.78, 5) is 12.3. The standard InChI is InChI=1S/C14H30O3Si2/c1-8-14(2,3)11-16-13(15)12-9-18(4,5)17-19(6,7)10-12/h12H,8-11H2,1-7H3. The second-order valence-electron chi connectivity index (χ2n) is 7.85. The van der Waals surface area contributed by atoms with E-state index < -0.39 is 16.6 Å². The first-order valence-electron chi connectivity index (χ1n) is 7.33. The van der Waals surface area contributed by atoms with Crippen LogP contribution in [0.2, 0.25) is 38.3 Å². The zero-order valence-electron chi connectivity index (χ0n) is 13.6. The van der Waals surface area contributed by atoms with Crippen LogP contribution >= 0.6 is 0 Å². The lowest BCUT2D eigenvalue weighted by Gasteiger charge is -2.42. The monoisotopic (exact) mass is 302 g/mol. The first kappa shape index (κ1) is 16.9. The minimum Gasteiger partial charge on any atom is -0.465 e. The van der Waals surface area contributed by atoms with Crippen molar-refractivity contribution < 1.29 is 13.6 Å². The molecule has 0 spiro atoms. The molecular formula is C14H30O3Si2. The summed E-state index contributed by atoms with van der Waals surface area (Å²) in [5.41, 5.74) is 0.0840. The summed E-state index contributed by atoms with van der Waals surface area (Å²) >= 11 is 0. The molecule has 1 heterocycles. The average Bonchev–Trinajstić information content (AvgIpc) is 2.21. The van der Waals surface area contributed by atoms with Crippen molar-refractivity contribution >= 4 is 22.6 Å². The fraction of sp³-hybridized carbons (Fsp3) is 0.929. The summed E-state index contributed by atoms with van der Waals surface area (Å²) in [6.45, 7) is 15.8. The van der Waals surface area contributed by atoms with Gasteiger partial charge < -0.3 is 8.85 Å². The minimum absolute atomic E-state index is 0.00553. The fourth-order valence-electron chi connectivity index (χ4n) is 2.74. The van der Waals surface area contributed by atoms with Gasteiger partial charge >= 0.3 is 5.97 Å². The molecule has 0 amide bonds. The van der Waals surface area contributed by atoms with Gasteiger partial charge in [-0.25, -0.2) is 0 Å². The van der Waals surface area contributed by atoms with Crippen molar-refractivity contribution in [3.8, 4) is 0 Å². The van der Waals surface area contributed by atoms with E-state index in [1.54, 1.807) is 0 Å². The highest BCUT2D eigenvalue weighted by atomic mass is 28.4. The van der Waals surface area contributed by atoms with E-state index in [0.29, 0.717) is 6.61 Å². The van der Waals surface area contributed by atoms with Crippen LogP contribution in [0.1, 0.15) is 27.2 Å². The molecular weight excluding hydrogens is 272 g/mol. The molecule has 0 atom stereocenters. The second-order valence-corrected chi connectivity index (χ2v) is 16.5. The normalized spacial score (nSPS) is 23.1. The third-order valence-corrected chi connectivity index (χ3v) is 11.3. The Morgan fingerprint density at radius 1 is 1.21 bits per heavy atom. The average molecular weight is 303 g/mol. The Hall–Kier alpha value is -0.136. The van der Waals surface area contributed by atoms with E-state index in [1.807, 2.05) is 0 Å². The van der Waals surface area contributed by atoms with Gasteiger partial charge in [0.1, 0.15) is 0 Å². The molecule has 1 fully saturated rings. The van der Waals surface area contributed by atoms with Gasteiger partial charge in [0.2, 0.25) is 0 Å². The van der Waals surface area contributed by atoms with Crippen molar-refractivity contribution in [2.75, 3.05) is 6.61 Å². The Balaban J connectivity index is 2.62. The maximum absolute atomic E-state index is 12.3. The quantitative estimate of drug-likeness (QED) is 0.581. The Bertz CT molecular complexity index is 322. The minimum atomic E-state index is -1.67. The molecule has 0 unspecified atom stereocenters. The number of carbonyl (C=O) groups excluding carboxylic acids is 1. The molecule has 1 saturated heterocycles. The molecule has 0 radical (unpaired) electrons. The third-order valence-electron chi connectivity index (χ3n) is 3.92. The Morgan fingerprint density at radius 3 is 2.11 bits per heavy atom. The molecule has 3 nitrogen and oxygen atoms in total. The van der Waals surface area contributed by atoms with Crippen LogP contribution < -0.4 is 0 Å². The van der Waals surface area contributed by atoms with Crippen LogP contribution in [0.5, 0.6) is 0 Å². The van der Waals surface area contributed by atoms with Gasteiger partial charge in [0.15, 0.2) is 16.6 Å². The lowest BCUT2D eigenvalue weighted by molar-refractivity contribution is -0.150. The van der Waals surface area contributed by atoms with Crippen LogP contribution in [0.4, 0.5) is 0 Å². The Morgan fingerprint density at radius 2 is 1.68 bits per heavy atom. The van der Waals surface area contributed by atoms with Gasteiger partial charge in [-0.2, -0.15) is 0 Å². The zero-order valence-corrected chi connectivity index (χ0v) is 15.6. The molecule has 1 aliphatic rings. The van der Waals surface area contributed by atoms with E-state index in [-0.39, 0.29) is 17.3 Å². The molecule has 0 aromatic heterocycles. The Kier molecular flexibility index (Phi) is 5.07. The van der Waals surface area contributed by atoms with E-state index in [0.717, 1.165) is 18.5 Å². The van der Waals surface area contributed by atoms with Gasteiger partial charge in [0.25, 0.3) is 0 Å². The van der Waals surface area contributed by atoms with Crippen molar-refractivity contribution in [1.29, 1.82) is 0 Å². The molecule has 0 saturated carbocycles. The molecule has 0 N–H and O–H groups in total. The molecule has 0 aromatic rings. The molecule has 0 bridgehead atoms. The van der Waals surface area contributed by atoms with E-state index in [1.165, 1.54) is 0 Å². The maximum Gasteiger partial charge on any atom is 0.308 e. The highest BCUT2D eigenvalue weighted by Crippen LogP contribution is 2.36. The topological polar surface area (TPSA) is 35.5 Å². The summed E-state index contributed by atoms with van der Waals surface area (Å²) in [7, 11) is -3.35. The molecule has 112 valence electrons. The first-order chi connectivity index (χ1) is 8.46. The van der Waals surface area contributed by atoms with Crippen molar-refractivity contribution in [2.45, 2.75) is 65.5 Å². The highest BCUT2D eigenvalue weighted by Gasteiger charge is 2.45. The lowest BCUT2D eigenvalue weighted by Crippen LogP contribution is -2.52. The van der Waals surface area contributed by atoms with Crippen LogP contribution in [0.3, 0.4) is 0 Å². The number of carbonyl (C=O) groups is 1. The molecule has 19 heavy (non-hydrogen) atoms. The smallest absolute Gasteiger partial charge is 0.308 e. The predicted molar refractivity (Wildman–Crippen MR) is 84.2 cm³/mol. The van der Waals surface area contributed by atoms with Gasteiger partial charge in [-0.1, -0.05) is 20.8 Å². The molecule has 1 rings (SSSR count). The van der Waals surface area contributed by atoms with Crippen LogP contribution in [0.25, 0.3) is 0 Å². The fourth-order valence-corrected chi connectivity index (χ4v) is 12.7. The van der Waals surface area contributed by atoms with Crippen molar-refractivity contribution in [3.05, 3.63) is 0 Å². The molecule has 0 aliphatic carbocycles. The molecule has 5 heteroatoms. The zero-order chi connectivity index (χ0) is 14.9. The summed E-state index contributed by atoms with van der Waals surface area (Å²) in [5.74, 6) is 0.0794. The molecule has 0 aromatic carbocycles. The summed E-state index contributed by atoms with van der Waals surface area (Å²) in [6, 6.07) is 1.82. The summed E-state index contributed by atoms with van der Waals surface area (Å²) < 4.78 is 11.9. The number of esters is 1. The molecule has 1 aliphatic heterocycles. The third kappa shape index (κ3) is 5.40. The maximum atomic E-state index is 12.3. The van der Waals surface area contributed by atoms with Crippen molar-refractivity contribution in [1.82, 2.24) is 0 Å². The Labute approximate surface area is 120 Å². The van der Waals surface area contributed by atoms with Crippen LogP contribution in [-0.4, -0.2) is 29.2 Å². The van der Waals surface area contributed by atoms with Crippen LogP contribution in [0.15, 0.2) is 0 Å². The lowest BCUT2D eigenvalue weighted by atomic mass is 9.92. The van der Waals surface area contributed by atoms with Crippen molar-refractivity contribution in [2.24, 2.45) is 11.3 Å². The SMILES string of the molecule is CCC(C)(C)COC(=O)C1C[Si](C)(C)O[Si](C)(C)C1. The largest absolute Gasteiger partial charge is 0.465 e. The van der Waals surface area contributed by atoms with E-state index >= 15 is 0 Å². The number of hydrogen-bond acceptors (Lipinski definition) is 3. The van der Waals surface area contributed by atoms with Gasteiger partial charge in [0, 0.05) is 0 Å². The summed E-state index contributed by atoms with van der Waals surface area (Å²) in [6.07, 6.45) is 1.02. The summed E-state index contributed by atoms with van der Waals surface area (Å²) in [5, 5.41) is 0. The van der Waals surface area contributed by atoms with Crippen molar-refractivity contribution in [3.63, 3.8) is 0 Å². The van der Waals surface area contributed by atoms with Crippen LogP contribution in [0, 0.1) is 11.3 Å². The van der Waals surface area contributed by atoms with Gasteiger partial charge in [-0.15, -0.1) is 0 Å². The predicted octanol–water partition coefficient (Wildman–Crippen LogP) is 4.02. The number of ether oxygens (including phenoxy) is 1. The first-order valence-corrected chi connectivity index (χ1v) is 13.6. The number of hydrogen-bond donors (Lipinski definition) is 0. The second kappa shape index (κ2) is 5.70. The van der Waals surface area contributed by atoms with E-state index in [2.05, 4.69) is 47.0 Å². The van der Waals surface area contributed by atoms with Gasteiger partial charge in [-0.3, -0.25) is 4.79 Å². The van der Waals surface area contributed by atoms with Gasteiger partial charge in [0.05, 0.1) is 12.5 Å². The van der Waals surface area contributed by atoms with Gasteiger partial charge in [-0.05, 0) is 50.1 Å². The van der Waals surface area contributed by atoms with E-state index in [9.17, 15) is 4.79 Å².